The van der Waals surface area contributed by atoms with Gasteiger partial charge in [0.25, 0.3) is 5.91 Å². The second kappa shape index (κ2) is 7.07. The zero-order chi connectivity index (χ0) is 18.0. The second-order valence-corrected chi connectivity index (χ2v) is 8.07. The fourth-order valence-electron chi connectivity index (χ4n) is 3.34. The summed E-state index contributed by atoms with van der Waals surface area (Å²) in [4.78, 5) is 37.7. The lowest BCUT2D eigenvalue weighted by atomic mass is 10.1. The van der Waals surface area contributed by atoms with Gasteiger partial charge >= 0.3 is 5.97 Å². The van der Waals surface area contributed by atoms with Crippen molar-refractivity contribution in [3.63, 3.8) is 0 Å². The monoisotopic (exact) mass is 362 g/mol. The Labute approximate surface area is 151 Å². The zero-order valence-electron chi connectivity index (χ0n) is 14.4. The number of hydrogen-bond acceptors (Lipinski definition) is 5. The maximum Gasteiger partial charge on any atom is 0.330 e. The topological polar surface area (TPSA) is 75.7 Å². The minimum Gasteiger partial charge on any atom is -0.454 e. The van der Waals surface area contributed by atoms with Crippen molar-refractivity contribution >= 4 is 29.5 Å². The third-order valence-electron chi connectivity index (χ3n) is 4.74. The summed E-state index contributed by atoms with van der Waals surface area (Å²) in [6.07, 6.45) is 1.21. The van der Waals surface area contributed by atoms with E-state index in [4.69, 9.17) is 4.74 Å². The van der Waals surface area contributed by atoms with Crippen molar-refractivity contribution in [3.05, 3.63) is 35.9 Å². The van der Waals surface area contributed by atoms with Crippen molar-refractivity contribution in [3.8, 4) is 0 Å². The summed E-state index contributed by atoms with van der Waals surface area (Å²) >= 11 is 1.60. The third kappa shape index (κ3) is 3.66. The lowest BCUT2D eigenvalue weighted by Crippen LogP contribution is -2.47. The van der Waals surface area contributed by atoms with Gasteiger partial charge in [0.1, 0.15) is 6.04 Å². The quantitative estimate of drug-likeness (QED) is 0.809. The Morgan fingerprint density at radius 3 is 2.84 bits per heavy atom. The van der Waals surface area contributed by atoms with Gasteiger partial charge in [-0.15, -0.1) is 11.8 Å². The van der Waals surface area contributed by atoms with E-state index in [-0.39, 0.29) is 29.3 Å². The van der Waals surface area contributed by atoms with Gasteiger partial charge in [0.05, 0.1) is 10.9 Å². The Hall–Kier alpha value is -2.02. The number of carbonyl (C=O) groups is 3. The number of carbonyl (C=O) groups excluding carboxylic acids is 3. The number of nitrogens with zero attached hydrogens (tertiary/aromatic N) is 1. The van der Waals surface area contributed by atoms with Crippen LogP contribution in [0.2, 0.25) is 0 Å². The first-order chi connectivity index (χ1) is 11.9. The summed E-state index contributed by atoms with van der Waals surface area (Å²) in [6.45, 7) is 3.51. The molecule has 3 rings (SSSR count). The van der Waals surface area contributed by atoms with E-state index >= 15 is 0 Å². The Kier molecular flexibility index (Phi) is 5.03. The van der Waals surface area contributed by atoms with Gasteiger partial charge in [0.2, 0.25) is 5.91 Å². The summed E-state index contributed by atoms with van der Waals surface area (Å²) in [5, 5.41) is 2.80. The van der Waals surface area contributed by atoms with Crippen molar-refractivity contribution in [2.45, 2.75) is 43.6 Å². The maximum absolute atomic E-state index is 12.3. The Morgan fingerprint density at radius 1 is 1.40 bits per heavy atom. The SMILES string of the molecule is C[C@H](NC(=O)COC(=O)[C@H]1CS[C@@]2(C)CCC(=O)N12)c1ccccc1. The van der Waals surface area contributed by atoms with Crippen LogP contribution in [0.15, 0.2) is 30.3 Å². The molecule has 1 N–H and O–H groups in total. The lowest BCUT2D eigenvalue weighted by molar-refractivity contribution is -0.156. The molecule has 2 saturated heterocycles. The van der Waals surface area contributed by atoms with Crippen LogP contribution in [0.1, 0.15) is 38.3 Å². The van der Waals surface area contributed by atoms with Crippen molar-refractivity contribution in [2.24, 2.45) is 0 Å². The van der Waals surface area contributed by atoms with E-state index in [0.29, 0.717) is 12.2 Å². The van der Waals surface area contributed by atoms with Gasteiger partial charge in [0.15, 0.2) is 6.61 Å². The highest BCUT2D eigenvalue weighted by atomic mass is 32.2. The van der Waals surface area contributed by atoms with Gasteiger partial charge in [0, 0.05) is 12.2 Å². The van der Waals surface area contributed by atoms with E-state index in [1.807, 2.05) is 44.2 Å². The van der Waals surface area contributed by atoms with Crippen molar-refractivity contribution in [1.82, 2.24) is 10.2 Å². The molecule has 7 heteroatoms. The van der Waals surface area contributed by atoms with Gasteiger partial charge in [-0.2, -0.15) is 0 Å². The first kappa shape index (κ1) is 17.8. The van der Waals surface area contributed by atoms with Gasteiger partial charge < -0.3 is 15.0 Å². The minimum atomic E-state index is -0.593. The zero-order valence-corrected chi connectivity index (χ0v) is 15.2. The highest BCUT2D eigenvalue weighted by Crippen LogP contribution is 2.47. The normalized spacial score (nSPS) is 26.2. The number of ether oxygens (including phenoxy) is 1. The number of amides is 2. The molecule has 0 spiro atoms. The number of rotatable bonds is 5. The number of esters is 1. The summed E-state index contributed by atoms with van der Waals surface area (Å²) in [5.74, 6) is -0.361. The summed E-state index contributed by atoms with van der Waals surface area (Å²) in [5.41, 5.74) is 0.979. The van der Waals surface area contributed by atoms with Gasteiger partial charge in [-0.25, -0.2) is 4.79 Å². The van der Waals surface area contributed by atoms with E-state index in [0.717, 1.165) is 12.0 Å². The number of hydrogen-bond donors (Lipinski definition) is 1. The number of benzene rings is 1. The summed E-state index contributed by atoms with van der Waals surface area (Å²) < 4.78 is 5.17. The van der Waals surface area contributed by atoms with Crippen LogP contribution in [-0.4, -0.2) is 46.0 Å². The molecule has 2 amide bonds. The fraction of sp³-hybridized carbons (Fsp3) is 0.500. The van der Waals surface area contributed by atoms with E-state index in [2.05, 4.69) is 5.32 Å². The van der Waals surface area contributed by atoms with Crippen LogP contribution in [0.25, 0.3) is 0 Å². The van der Waals surface area contributed by atoms with Crippen LogP contribution < -0.4 is 5.32 Å². The summed E-state index contributed by atoms with van der Waals surface area (Å²) in [7, 11) is 0. The van der Waals surface area contributed by atoms with Crippen LogP contribution in [0, 0.1) is 0 Å². The smallest absolute Gasteiger partial charge is 0.330 e. The van der Waals surface area contributed by atoms with E-state index in [1.165, 1.54) is 0 Å². The Bertz CT molecular complexity index is 681. The van der Waals surface area contributed by atoms with Gasteiger partial charge in [-0.3, -0.25) is 9.59 Å². The van der Waals surface area contributed by atoms with Crippen molar-refractivity contribution < 1.29 is 19.1 Å². The maximum atomic E-state index is 12.3. The molecule has 134 valence electrons. The molecule has 1 aromatic carbocycles. The van der Waals surface area contributed by atoms with E-state index in [1.54, 1.807) is 16.7 Å². The number of thioether (sulfide) groups is 1. The van der Waals surface area contributed by atoms with E-state index < -0.39 is 12.0 Å². The molecule has 0 aromatic heterocycles. The van der Waals surface area contributed by atoms with E-state index in [9.17, 15) is 14.4 Å². The largest absolute Gasteiger partial charge is 0.454 e. The van der Waals surface area contributed by atoms with Crippen LogP contribution in [-0.2, 0) is 19.1 Å². The molecule has 25 heavy (non-hydrogen) atoms. The molecule has 3 atom stereocenters. The standard InChI is InChI=1S/C18H22N2O4S/c1-12(13-6-4-3-5-7-13)19-15(21)10-24-17(23)14-11-25-18(2)9-8-16(22)20(14)18/h3-7,12,14H,8-11H2,1-2H3,(H,19,21)/t12-,14+,18-/m0/s1. The molecular weight excluding hydrogens is 340 g/mol. The van der Waals surface area contributed by atoms with Crippen molar-refractivity contribution in [1.29, 1.82) is 0 Å². The van der Waals surface area contributed by atoms with Gasteiger partial charge in [-0.05, 0) is 25.8 Å². The van der Waals surface area contributed by atoms with Gasteiger partial charge in [-0.1, -0.05) is 30.3 Å². The molecule has 0 unspecified atom stereocenters. The van der Waals surface area contributed by atoms with Crippen molar-refractivity contribution in [2.75, 3.05) is 12.4 Å². The molecule has 2 heterocycles. The third-order valence-corrected chi connectivity index (χ3v) is 6.24. The minimum absolute atomic E-state index is 0.0170. The predicted molar refractivity (Wildman–Crippen MR) is 94.7 cm³/mol. The van der Waals surface area contributed by atoms with Crippen LogP contribution in [0.3, 0.4) is 0 Å². The predicted octanol–water partition coefficient (Wildman–Crippen LogP) is 1.86. The molecule has 0 radical (unpaired) electrons. The average Bonchev–Trinajstić information content (AvgIpc) is 3.10. The first-order valence-corrected chi connectivity index (χ1v) is 9.36. The Balaban J connectivity index is 1.51. The van der Waals surface area contributed by atoms with Crippen LogP contribution >= 0.6 is 11.8 Å². The average molecular weight is 362 g/mol. The second-order valence-electron chi connectivity index (χ2n) is 6.57. The summed E-state index contributed by atoms with van der Waals surface area (Å²) in [6, 6.07) is 8.80. The molecule has 2 aliphatic heterocycles. The molecule has 0 aliphatic carbocycles. The Morgan fingerprint density at radius 2 is 2.12 bits per heavy atom. The molecular formula is C18H22N2O4S. The number of fused-ring (bicyclic) bond motifs is 1. The van der Waals surface area contributed by atoms with Crippen LogP contribution in [0.5, 0.6) is 0 Å². The molecule has 2 aliphatic rings. The molecule has 0 bridgehead atoms. The molecule has 0 saturated carbocycles. The molecule has 1 aromatic rings. The molecule has 6 nitrogen and oxygen atoms in total. The van der Waals surface area contributed by atoms with Crippen LogP contribution in [0.4, 0.5) is 0 Å². The number of nitrogens with one attached hydrogen (secondary N) is 1. The fourth-order valence-corrected chi connectivity index (χ4v) is 4.75. The first-order valence-electron chi connectivity index (χ1n) is 8.38. The molecule has 2 fully saturated rings. The highest BCUT2D eigenvalue weighted by Gasteiger charge is 2.53. The highest BCUT2D eigenvalue weighted by molar-refractivity contribution is 8.01. The lowest BCUT2D eigenvalue weighted by Gasteiger charge is -2.29.